The molecule has 1 N–H and O–H groups in total. The second-order valence-corrected chi connectivity index (χ2v) is 6.81. The van der Waals surface area contributed by atoms with Crippen molar-refractivity contribution in [1.29, 1.82) is 0 Å². The molecule has 0 unspecified atom stereocenters. The summed E-state index contributed by atoms with van der Waals surface area (Å²) in [4.78, 5) is 4.42. The van der Waals surface area contributed by atoms with Crippen LogP contribution in [-0.4, -0.2) is 10.5 Å². The molecule has 0 amide bonds. The highest BCUT2D eigenvalue weighted by molar-refractivity contribution is 5.13. The summed E-state index contributed by atoms with van der Waals surface area (Å²) >= 11 is 0. The van der Waals surface area contributed by atoms with Gasteiger partial charge >= 0.3 is 0 Å². The maximum absolute atomic E-state index is 5.71. The molecule has 0 saturated heterocycles. The van der Waals surface area contributed by atoms with Gasteiger partial charge in [-0.15, -0.1) is 0 Å². The lowest BCUT2D eigenvalue weighted by Gasteiger charge is -2.22. The Hall–Kier alpha value is -0.830. The Morgan fingerprint density at radius 3 is 2.42 bits per heavy atom. The van der Waals surface area contributed by atoms with Crippen LogP contribution in [0.2, 0.25) is 0 Å². The van der Waals surface area contributed by atoms with E-state index in [0.29, 0.717) is 5.92 Å². The van der Waals surface area contributed by atoms with Crippen molar-refractivity contribution in [2.24, 2.45) is 0 Å². The average Bonchev–Trinajstić information content (AvgIpc) is 2.73. The van der Waals surface area contributed by atoms with E-state index in [4.69, 9.17) is 4.42 Å². The Balaban J connectivity index is 2.00. The number of aromatic nitrogens is 1. The van der Waals surface area contributed by atoms with Gasteiger partial charge in [0.2, 0.25) is 0 Å². The van der Waals surface area contributed by atoms with Gasteiger partial charge in [0.15, 0.2) is 6.39 Å². The topological polar surface area (TPSA) is 38.1 Å². The molecule has 2 rings (SSSR count). The Morgan fingerprint density at radius 1 is 1.16 bits per heavy atom. The van der Waals surface area contributed by atoms with E-state index in [1.165, 1.54) is 44.9 Å². The van der Waals surface area contributed by atoms with E-state index < -0.39 is 0 Å². The van der Waals surface area contributed by atoms with E-state index >= 15 is 0 Å². The third-order valence-electron chi connectivity index (χ3n) is 3.93. The van der Waals surface area contributed by atoms with Crippen LogP contribution in [0.25, 0.3) is 0 Å². The van der Waals surface area contributed by atoms with Crippen molar-refractivity contribution >= 4 is 0 Å². The predicted molar refractivity (Wildman–Crippen MR) is 78.2 cm³/mol. The van der Waals surface area contributed by atoms with E-state index in [-0.39, 0.29) is 5.54 Å². The van der Waals surface area contributed by atoms with Gasteiger partial charge in [-0.25, -0.2) is 4.98 Å². The fraction of sp³-hybridized carbons (Fsp3) is 0.812. The Morgan fingerprint density at radius 2 is 1.79 bits per heavy atom. The minimum absolute atomic E-state index is 0.122. The summed E-state index contributed by atoms with van der Waals surface area (Å²) in [6, 6.07) is 0. The summed E-state index contributed by atoms with van der Waals surface area (Å²) in [5.41, 5.74) is 1.23. The third-order valence-corrected chi connectivity index (χ3v) is 3.93. The van der Waals surface area contributed by atoms with Crippen LogP contribution in [0, 0.1) is 0 Å². The quantitative estimate of drug-likeness (QED) is 0.879. The first kappa shape index (κ1) is 14.6. The van der Waals surface area contributed by atoms with Gasteiger partial charge in [-0.3, -0.25) is 0 Å². The molecule has 1 aromatic rings. The molecule has 1 saturated carbocycles. The Labute approximate surface area is 117 Å². The molecular formula is C16H28N2O. The van der Waals surface area contributed by atoms with Crippen LogP contribution in [0.15, 0.2) is 10.8 Å². The number of nitrogens with zero attached hydrogens (tertiary/aromatic N) is 1. The van der Waals surface area contributed by atoms with Crippen molar-refractivity contribution < 1.29 is 4.42 Å². The van der Waals surface area contributed by atoms with Gasteiger partial charge in [0.25, 0.3) is 0 Å². The van der Waals surface area contributed by atoms with Gasteiger partial charge in [-0.2, -0.15) is 0 Å². The third kappa shape index (κ3) is 4.64. The van der Waals surface area contributed by atoms with Crippen molar-refractivity contribution in [2.45, 2.75) is 83.7 Å². The molecule has 1 fully saturated rings. The highest BCUT2D eigenvalue weighted by atomic mass is 16.3. The molecule has 1 aliphatic rings. The molecule has 1 aromatic heterocycles. The summed E-state index contributed by atoms with van der Waals surface area (Å²) in [5, 5.41) is 3.51. The average molecular weight is 264 g/mol. The van der Waals surface area contributed by atoms with E-state index in [1.807, 2.05) is 0 Å². The summed E-state index contributed by atoms with van der Waals surface area (Å²) in [6.07, 6.45) is 11.0. The molecule has 0 atom stereocenters. The van der Waals surface area contributed by atoms with E-state index in [9.17, 15) is 0 Å². The van der Waals surface area contributed by atoms with Gasteiger partial charge in [0.1, 0.15) is 5.76 Å². The molecule has 0 spiro atoms. The summed E-state index contributed by atoms with van der Waals surface area (Å²) < 4.78 is 5.71. The SMILES string of the molecule is CC(C)(C)NCc1ncoc1C1CCCCCCC1. The standard InChI is InChI=1S/C16H28N2O/c1-16(2,3)18-11-14-15(19-12-17-14)13-9-7-5-4-6-8-10-13/h12-13,18H,4-11H2,1-3H3. The maximum Gasteiger partial charge on any atom is 0.181 e. The highest BCUT2D eigenvalue weighted by Gasteiger charge is 2.21. The molecule has 0 radical (unpaired) electrons. The lowest BCUT2D eigenvalue weighted by molar-refractivity contribution is 0.377. The fourth-order valence-electron chi connectivity index (χ4n) is 2.81. The molecule has 1 aliphatic carbocycles. The lowest BCUT2D eigenvalue weighted by Crippen LogP contribution is -2.35. The van der Waals surface area contributed by atoms with Crippen LogP contribution in [0.1, 0.15) is 83.1 Å². The van der Waals surface area contributed by atoms with Crippen molar-refractivity contribution in [2.75, 3.05) is 0 Å². The van der Waals surface area contributed by atoms with Gasteiger partial charge in [0.05, 0.1) is 5.69 Å². The first-order chi connectivity index (χ1) is 9.06. The van der Waals surface area contributed by atoms with Gasteiger partial charge in [-0.1, -0.05) is 32.1 Å². The molecule has 0 aliphatic heterocycles. The molecule has 0 bridgehead atoms. The molecular weight excluding hydrogens is 236 g/mol. The zero-order chi connectivity index (χ0) is 13.7. The van der Waals surface area contributed by atoms with Crippen LogP contribution in [0.5, 0.6) is 0 Å². The zero-order valence-corrected chi connectivity index (χ0v) is 12.7. The molecule has 0 aromatic carbocycles. The minimum atomic E-state index is 0.122. The smallest absolute Gasteiger partial charge is 0.181 e. The second-order valence-electron chi connectivity index (χ2n) is 6.81. The summed E-state index contributed by atoms with van der Waals surface area (Å²) in [6.45, 7) is 7.36. The van der Waals surface area contributed by atoms with Gasteiger partial charge in [-0.05, 0) is 33.6 Å². The van der Waals surface area contributed by atoms with E-state index in [2.05, 4.69) is 31.1 Å². The predicted octanol–water partition coefficient (Wildman–Crippen LogP) is 4.39. The second kappa shape index (κ2) is 6.56. The monoisotopic (exact) mass is 264 g/mol. The van der Waals surface area contributed by atoms with E-state index in [0.717, 1.165) is 18.0 Å². The number of nitrogens with one attached hydrogen (secondary N) is 1. The molecule has 1 heterocycles. The van der Waals surface area contributed by atoms with Crippen LogP contribution in [0.3, 0.4) is 0 Å². The number of oxazole rings is 1. The zero-order valence-electron chi connectivity index (χ0n) is 12.7. The minimum Gasteiger partial charge on any atom is -0.448 e. The van der Waals surface area contributed by atoms with E-state index in [1.54, 1.807) is 6.39 Å². The van der Waals surface area contributed by atoms with Gasteiger partial charge in [0, 0.05) is 18.0 Å². The lowest BCUT2D eigenvalue weighted by atomic mass is 9.88. The van der Waals surface area contributed by atoms with Crippen LogP contribution in [0.4, 0.5) is 0 Å². The highest BCUT2D eigenvalue weighted by Crippen LogP contribution is 2.32. The van der Waals surface area contributed by atoms with Gasteiger partial charge < -0.3 is 9.73 Å². The summed E-state index contributed by atoms with van der Waals surface area (Å²) in [5.74, 6) is 1.72. The Bertz CT molecular complexity index is 370. The first-order valence-electron chi connectivity index (χ1n) is 7.73. The maximum atomic E-state index is 5.71. The van der Waals surface area contributed by atoms with Crippen molar-refractivity contribution in [3.63, 3.8) is 0 Å². The number of hydrogen-bond donors (Lipinski definition) is 1. The number of rotatable bonds is 3. The van der Waals surface area contributed by atoms with Crippen LogP contribution < -0.4 is 5.32 Å². The normalized spacial score (nSPS) is 19.1. The van der Waals surface area contributed by atoms with Crippen molar-refractivity contribution in [3.8, 4) is 0 Å². The van der Waals surface area contributed by atoms with Crippen molar-refractivity contribution in [1.82, 2.24) is 10.3 Å². The molecule has 3 heteroatoms. The molecule has 19 heavy (non-hydrogen) atoms. The number of hydrogen-bond acceptors (Lipinski definition) is 3. The van der Waals surface area contributed by atoms with Crippen molar-refractivity contribution in [3.05, 3.63) is 17.8 Å². The summed E-state index contributed by atoms with van der Waals surface area (Å²) in [7, 11) is 0. The van der Waals surface area contributed by atoms with Crippen LogP contribution in [-0.2, 0) is 6.54 Å². The first-order valence-corrected chi connectivity index (χ1v) is 7.73. The largest absolute Gasteiger partial charge is 0.448 e. The Kier molecular flexibility index (Phi) is 5.03. The molecule has 108 valence electrons. The van der Waals surface area contributed by atoms with Crippen LogP contribution >= 0.6 is 0 Å². The fourth-order valence-corrected chi connectivity index (χ4v) is 2.81. The molecule has 3 nitrogen and oxygen atoms in total.